The van der Waals surface area contributed by atoms with Crippen LogP contribution in [-0.2, 0) is 10.0 Å². The van der Waals surface area contributed by atoms with Crippen molar-refractivity contribution in [2.45, 2.75) is 44.9 Å². The molecule has 1 aliphatic carbocycles. The maximum atomic E-state index is 13.2. The minimum absolute atomic E-state index is 0.0425. The molecule has 1 saturated heterocycles. The molecule has 2 aliphatic rings. The van der Waals surface area contributed by atoms with Gasteiger partial charge in [-0.3, -0.25) is 4.79 Å². The van der Waals surface area contributed by atoms with E-state index in [0.717, 1.165) is 37.9 Å². The molecule has 9 nitrogen and oxygen atoms in total. The second-order valence-corrected chi connectivity index (χ2v) is 12.0. The van der Waals surface area contributed by atoms with Crippen molar-refractivity contribution in [3.05, 3.63) is 59.8 Å². The average Bonchev–Trinajstić information content (AvgIpc) is 3.21. The largest absolute Gasteiger partial charge is 0.476 e. The van der Waals surface area contributed by atoms with Crippen LogP contribution >= 0.6 is 0 Å². The lowest BCUT2D eigenvalue weighted by molar-refractivity contribution is 0.0981. The fourth-order valence-electron chi connectivity index (χ4n) is 4.25. The Kier molecular flexibility index (Phi) is 6.23. The van der Waals surface area contributed by atoms with Crippen LogP contribution in [0.25, 0.3) is 5.82 Å². The molecule has 1 N–H and O–H groups in total. The number of benzene rings is 1. The van der Waals surface area contributed by atoms with Crippen LogP contribution in [-0.4, -0.2) is 48.8 Å². The normalized spacial score (nSPS) is 18.8. The maximum absolute atomic E-state index is 13.2. The van der Waals surface area contributed by atoms with Crippen LogP contribution in [0.1, 0.15) is 49.0 Å². The summed E-state index contributed by atoms with van der Waals surface area (Å²) in [6.45, 7) is 8.22. The highest BCUT2D eigenvalue weighted by Crippen LogP contribution is 2.45. The van der Waals surface area contributed by atoms with Gasteiger partial charge < -0.3 is 9.64 Å². The lowest BCUT2D eigenvalue weighted by Gasteiger charge is -2.21. The van der Waals surface area contributed by atoms with E-state index in [0.29, 0.717) is 30.0 Å². The molecule has 1 aromatic carbocycles. The number of amides is 1. The Labute approximate surface area is 211 Å². The average molecular weight is 510 g/mol. The van der Waals surface area contributed by atoms with Gasteiger partial charge in [-0.05, 0) is 61.9 Å². The summed E-state index contributed by atoms with van der Waals surface area (Å²) in [6, 6.07) is 11.5. The predicted octanol–water partition coefficient (Wildman–Crippen LogP) is 3.72. The summed E-state index contributed by atoms with van der Waals surface area (Å²) >= 11 is 0. The number of sulfonamides is 1. The quantitative estimate of drug-likeness (QED) is 0.493. The van der Waals surface area contributed by atoms with Crippen LogP contribution < -0.4 is 14.4 Å². The van der Waals surface area contributed by atoms with Gasteiger partial charge in [0.25, 0.3) is 15.9 Å². The second-order valence-electron chi connectivity index (χ2n) is 10.3. The zero-order valence-corrected chi connectivity index (χ0v) is 21.6. The molecule has 0 radical (unpaired) electrons. The lowest BCUT2D eigenvalue weighted by Crippen LogP contribution is -2.33. The highest BCUT2D eigenvalue weighted by atomic mass is 32.2. The fourth-order valence-corrected chi connectivity index (χ4v) is 5.32. The van der Waals surface area contributed by atoms with E-state index in [2.05, 4.69) is 23.7 Å². The van der Waals surface area contributed by atoms with Crippen molar-refractivity contribution in [1.29, 1.82) is 0 Å². The van der Waals surface area contributed by atoms with Gasteiger partial charge in [-0.1, -0.05) is 26.0 Å². The van der Waals surface area contributed by atoms with Crippen LogP contribution in [0.5, 0.6) is 5.88 Å². The zero-order chi connectivity index (χ0) is 25.5. The number of ether oxygens (including phenoxy) is 1. The smallest absolute Gasteiger partial charge is 0.268 e. The fraction of sp³-hybridized carbons (Fsp3) is 0.423. The number of hydrogen-bond acceptors (Lipinski definition) is 7. The van der Waals surface area contributed by atoms with Crippen LogP contribution in [0.2, 0.25) is 0 Å². The summed E-state index contributed by atoms with van der Waals surface area (Å²) in [7, 11) is -4.03. The molecule has 5 rings (SSSR count). The molecule has 1 aliphatic heterocycles. The minimum atomic E-state index is -4.03. The third-order valence-electron chi connectivity index (χ3n) is 6.83. The van der Waals surface area contributed by atoms with Crippen molar-refractivity contribution in [3.8, 4) is 11.7 Å². The van der Waals surface area contributed by atoms with E-state index in [1.165, 1.54) is 12.1 Å². The number of carbonyl (C=O) groups excluding carboxylic acids is 1. The summed E-state index contributed by atoms with van der Waals surface area (Å²) in [5.74, 6) is 1.21. The molecule has 36 heavy (non-hydrogen) atoms. The number of nitrogens with one attached hydrogen (secondary N) is 1. The third kappa shape index (κ3) is 5.23. The van der Waals surface area contributed by atoms with Gasteiger partial charge in [0.2, 0.25) is 5.88 Å². The van der Waals surface area contributed by atoms with Gasteiger partial charge in [0.1, 0.15) is 5.82 Å². The molecule has 1 saturated carbocycles. The van der Waals surface area contributed by atoms with E-state index in [9.17, 15) is 13.2 Å². The monoisotopic (exact) mass is 509 g/mol. The van der Waals surface area contributed by atoms with Crippen LogP contribution in [0.4, 0.5) is 5.82 Å². The Balaban J connectivity index is 1.42. The lowest BCUT2D eigenvalue weighted by atomic mass is 10.2. The van der Waals surface area contributed by atoms with Gasteiger partial charge in [-0.15, -0.1) is 5.10 Å². The van der Waals surface area contributed by atoms with Crippen LogP contribution in [0, 0.1) is 18.3 Å². The van der Waals surface area contributed by atoms with Crippen molar-refractivity contribution in [3.63, 3.8) is 0 Å². The van der Waals surface area contributed by atoms with Gasteiger partial charge in [-0.25, -0.2) is 22.8 Å². The summed E-state index contributed by atoms with van der Waals surface area (Å²) < 4.78 is 35.4. The van der Waals surface area contributed by atoms with Crippen molar-refractivity contribution >= 4 is 21.7 Å². The third-order valence-corrected chi connectivity index (χ3v) is 8.16. The Morgan fingerprint density at radius 2 is 2.03 bits per heavy atom. The number of aromatic nitrogens is 3. The van der Waals surface area contributed by atoms with Crippen LogP contribution in [0.3, 0.4) is 0 Å². The molecular weight excluding hydrogens is 478 g/mol. The first-order valence-corrected chi connectivity index (χ1v) is 13.7. The summed E-state index contributed by atoms with van der Waals surface area (Å²) in [5.41, 5.74) is 1.24. The SMILES string of the molecule is Cc1cccc(S(=O)(=O)NC(=O)c2ccc(-n3ccc(OCC4(C)CC4)n3)nc2N2CC[C@H](C)C2)c1. The van der Waals surface area contributed by atoms with Crippen molar-refractivity contribution in [2.24, 2.45) is 11.3 Å². The van der Waals surface area contributed by atoms with Gasteiger partial charge >= 0.3 is 0 Å². The zero-order valence-electron chi connectivity index (χ0n) is 20.8. The summed E-state index contributed by atoms with van der Waals surface area (Å²) in [4.78, 5) is 20.0. The first kappa shape index (κ1) is 24.3. The molecule has 0 spiro atoms. The molecule has 2 aromatic heterocycles. The number of carbonyl (C=O) groups is 1. The number of hydrogen-bond donors (Lipinski definition) is 1. The highest BCUT2D eigenvalue weighted by Gasteiger charge is 2.38. The molecule has 190 valence electrons. The Morgan fingerprint density at radius 1 is 1.22 bits per heavy atom. The first-order valence-electron chi connectivity index (χ1n) is 12.2. The summed E-state index contributed by atoms with van der Waals surface area (Å²) in [5, 5.41) is 4.49. The van der Waals surface area contributed by atoms with Gasteiger partial charge in [-0.2, -0.15) is 0 Å². The molecule has 1 amide bonds. The Hall–Kier alpha value is -3.40. The van der Waals surface area contributed by atoms with Gasteiger partial charge in [0.05, 0.1) is 17.1 Å². The molecule has 0 unspecified atom stereocenters. The van der Waals surface area contributed by atoms with E-state index < -0.39 is 15.9 Å². The predicted molar refractivity (Wildman–Crippen MR) is 136 cm³/mol. The topological polar surface area (TPSA) is 106 Å². The molecule has 1 atom stereocenters. The number of rotatable bonds is 8. The Morgan fingerprint density at radius 3 is 2.72 bits per heavy atom. The standard InChI is InChI=1S/C26H31N5O4S/c1-18-5-4-6-20(15-18)36(33,34)29-25(32)21-7-8-22(27-24(21)30-13-9-19(2)16-30)31-14-10-23(28-31)35-17-26(3)11-12-26/h4-8,10,14-15,19H,9,11-13,16-17H2,1-3H3,(H,29,32)/t19-/m0/s1. The molecule has 2 fully saturated rings. The highest BCUT2D eigenvalue weighted by molar-refractivity contribution is 7.90. The van der Waals surface area contributed by atoms with E-state index >= 15 is 0 Å². The maximum Gasteiger partial charge on any atom is 0.268 e. The molecule has 3 aromatic rings. The molecule has 3 heterocycles. The molecular formula is C26H31N5O4S. The number of pyridine rings is 1. The number of aryl methyl sites for hydroxylation is 1. The Bertz CT molecular complexity index is 1400. The van der Waals surface area contributed by atoms with E-state index in [-0.39, 0.29) is 15.9 Å². The van der Waals surface area contributed by atoms with Crippen molar-refractivity contribution in [2.75, 3.05) is 24.6 Å². The molecule has 10 heteroatoms. The number of anilines is 1. The molecule has 0 bridgehead atoms. The van der Waals surface area contributed by atoms with Gasteiger partial charge in [0.15, 0.2) is 5.82 Å². The van der Waals surface area contributed by atoms with E-state index in [4.69, 9.17) is 9.72 Å². The van der Waals surface area contributed by atoms with Crippen molar-refractivity contribution in [1.82, 2.24) is 19.5 Å². The first-order chi connectivity index (χ1) is 17.1. The van der Waals surface area contributed by atoms with E-state index in [1.807, 2.05) is 4.90 Å². The summed E-state index contributed by atoms with van der Waals surface area (Å²) in [6.07, 6.45) is 5.06. The second kappa shape index (κ2) is 9.24. The number of nitrogens with zero attached hydrogens (tertiary/aromatic N) is 4. The van der Waals surface area contributed by atoms with Gasteiger partial charge in [0, 0.05) is 30.8 Å². The van der Waals surface area contributed by atoms with E-state index in [1.54, 1.807) is 48.1 Å². The minimum Gasteiger partial charge on any atom is -0.476 e. The van der Waals surface area contributed by atoms with Crippen LogP contribution in [0.15, 0.2) is 53.6 Å². The van der Waals surface area contributed by atoms with Crippen molar-refractivity contribution < 1.29 is 17.9 Å².